The van der Waals surface area contributed by atoms with Crippen molar-refractivity contribution in [2.75, 3.05) is 19.1 Å². The fraction of sp³-hybridized carbons (Fsp3) is 0.412. The fourth-order valence-electron chi connectivity index (χ4n) is 2.30. The third kappa shape index (κ3) is 3.18. The number of ether oxygens (including phenoxy) is 2. The van der Waals surface area contributed by atoms with Crippen LogP contribution in [0.2, 0.25) is 0 Å². The zero-order valence-electron chi connectivity index (χ0n) is 12.1. The zero-order valence-corrected chi connectivity index (χ0v) is 12.9. The van der Waals surface area contributed by atoms with E-state index < -0.39 is 0 Å². The molecule has 108 valence electrons. The third-order valence-electron chi connectivity index (χ3n) is 3.24. The van der Waals surface area contributed by atoms with Gasteiger partial charge in [0, 0.05) is 16.7 Å². The van der Waals surface area contributed by atoms with Crippen molar-refractivity contribution in [1.82, 2.24) is 0 Å². The summed E-state index contributed by atoms with van der Waals surface area (Å²) in [6, 6.07) is 10.3. The Balaban J connectivity index is 2.49. The Morgan fingerprint density at radius 1 is 1.05 bits per heavy atom. The molecule has 0 saturated heterocycles. The molecule has 0 aliphatic heterocycles. The van der Waals surface area contributed by atoms with Crippen LogP contribution in [0.1, 0.15) is 25.8 Å². The van der Waals surface area contributed by atoms with Crippen LogP contribution in [0.25, 0.3) is 10.8 Å². The van der Waals surface area contributed by atoms with E-state index in [1.54, 1.807) is 0 Å². The van der Waals surface area contributed by atoms with E-state index in [4.69, 9.17) is 21.1 Å². The van der Waals surface area contributed by atoms with Crippen molar-refractivity contribution in [2.45, 2.75) is 26.7 Å². The number of benzene rings is 2. The highest BCUT2D eigenvalue weighted by atomic mass is 35.5. The number of hydrogen-bond donors (Lipinski definition) is 0. The normalized spacial score (nSPS) is 10.8. The lowest BCUT2D eigenvalue weighted by atomic mass is 10.0. The quantitative estimate of drug-likeness (QED) is 0.538. The predicted molar refractivity (Wildman–Crippen MR) is 85.3 cm³/mol. The molecule has 2 nitrogen and oxygen atoms in total. The largest absolute Gasteiger partial charge is 0.493 e. The van der Waals surface area contributed by atoms with Crippen LogP contribution in [-0.4, -0.2) is 19.1 Å². The second kappa shape index (κ2) is 7.39. The Morgan fingerprint density at radius 3 is 2.45 bits per heavy atom. The summed E-state index contributed by atoms with van der Waals surface area (Å²) in [5.74, 6) is 2.52. The summed E-state index contributed by atoms with van der Waals surface area (Å²) in [6.45, 7) is 5.46. The predicted octanol–water partition coefficient (Wildman–Crippen LogP) is 4.81. The molecule has 0 heterocycles. The molecule has 0 saturated carbocycles. The van der Waals surface area contributed by atoms with Crippen LogP contribution < -0.4 is 9.47 Å². The van der Waals surface area contributed by atoms with E-state index in [2.05, 4.69) is 25.1 Å². The van der Waals surface area contributed by atoms with Gasteiger partial charge >= 0.3 is 0 Å². The van der Waals surface area contributed by atoms with Gasteiger partial charge in [-0.3, -0.25) is 0 Å². The van der Waals surface area contributed by atoms with Gasteiger partial charge in [0.1, 0.15) is 11.5 Å². The van der Waals surface area contributed by atoms with E-state index in [-0.39, 0.29) is 0 Å². The molecule has 2 rings (SSSR count). The standard InChI is InChI=1S/C17H21ClO2/c1-3-13-12-16(20-11-7-10-18)14-8-5-6-9-15(14)17(13)19-4-2/h5-6,8-9,12H,3-4,7,10-11H2,1-2H3. The van der Waals surface area contributed by atoms with Crippen LogP contribution >= 0.6 is 11.6 Å². The maximum absolute atomic E-state index is 5.90. The van der Waals surface area contributed by atoms with Crippen LogP contribution in [0.4, 0.5) is 0 Å². The Kier molecular flexibility index (Phi) is 5.54. The van der Waals surface area contributed by atoms with Crippen molar-refractivity contribution in [3.63, 3.8) is 0 Å². The van der Waals surface area contributed by atoms with Gasteiger partial charge in [0.05, 0.1) is 13.2 Å². The highest BCUT2D eigenvalue weighted by Crippen LogP contribution is 2.37. The van der Waals surface area contributed by atoms with Gasteiger partial charge in [0.25, 0.3) is 0 Å². The maximum atomic E-state index is 5.90. The van der Waals surface area contributed by atoms with E-state index in [1.807, 2.05) is 19.1 Å². The van der Waals surface area contributed by atoms with Crippen molar-refractivity contribution in [1.29, 1.82) is 0 Å². The third-order valence-corrected chi connectivity index (χ3v) is 3.51. The van der Waals surface area contributed by atoms with Crippen LogP contribution in [0, 0.1) is 0 Å². The number of fused-ring (bicyclic) bond motifs is 1. The summed E-state index contributed by atoms with van der Waals surface area (Å²) in [6.07, 6.45) is 1.77. The van der Waals surface area contributed by atoms with Gasteiger partial charge in [-0.05, 0) is 31.4 Å². The summed E-state index contributed by atoms with van der Waals surface area (Å²) < 4.78 is 11.7. The van der Waals surface area contributed by atoms with E-state index >= 15 is 0 Å². The van der Waals surface area contributed by atoms with Crippen LogP contribution in [-0.2, 0) is 6.42 Å². The molecule has 0 aliphatic rings. The molecule has 0 unspecified atom stereocenters. The molecular formula is C17H21ClO2. The minimum atomic E-state index is 0.621. The molecule has 2 aromatic rings. The van der Waals surface area contributed by atoms with E-state index in [1.165, 1.54) is 5.56 Å². The van der Waals surface area contributed by atoms with E-state index in [0.717, 1.165) is 35.1 Å². The summed E-state index contributed by atoms with van der Waals surface area (Å²) in [4.78, 5) is 0. The Hall–Kier alpha value is -1.41. The first-order valence-electron chi connectivity index (χ1n) is 7.18. The van der Waals surface area contributed by atoms with Crippen molar-refractivity contribution < 1.29 is 9.47 Å². The van der Waals surface area contributed by atoms with Crippen molar-refractivity contribution >= 4 is 22.4 Å². The van der Waals surface area contributed by atoms with Crippen LogP contribution in [0.15, 0.2) is 30.3 Å². The zero-order chi connectivity index (χ0) is 14.4. The lowest BCUT2D eigenvalue weighted by Crippen LogP contribution is -2.02. The summed E-state index contributed by atoms with van der Waals surface area (Å²) in [7, 11) is 0. The molecular weight excluding hydrogens is 272 g/mol. The molecule has 0 radical (unpaired) electrons. The van der Waals surface area contributed by atoms with Crippen LogP contribution in [0.3, 0.4) is 0 Å². The Bertz CT molecular complexity index is 566. The number of hydrogen-bond acceptors (Lipinski definition) is 2. The lowest BCUT2D eigenvalue weighted by Gasteiger charge is -2.16. The molecule has 0 aliphatic carbocycles. The molecule has 0 spiro atoms. The molecule has 2 aromatic carbocycles. The number of halogens is 1. The number of rotatable bonds is 7. The SMILES string of the molecule is CCOc1c(CC)cc(OCCCCl)c2ccccc12. The van der Waals surface area contributed by atoms with Gasteiger partial charge in [-0.25, -0.2) is 0 Å². The summed E-state index contributed by atoms with van der Waals surface area (Å²) in [5, 5.41) is 2.22. The monoisotopic (exact) mass is 292 g/mol. The van der Waals surface area contributed by atoms with Crippen molar-refractivity contribution in [2.24, 2.45) is 0 Å². The fourth-order valence-corrected chi connectivity index (χ4v) is 2.41. The molecule has 0 bridgehead atoms. The Morgan fingerprint density at radius 2 is 1.80 bits per heavy atom. The molecule has 20 heavy (non-hydrogen) atoms. The molecule has 0 fully saturated rings. The number of alkyl halides is 1. The maximum Gasteiger partial charge on any atom is 0.130 e. The van der Waals surface area contributed by atoms with Crippen molar-refractivity contribution in [3.05, 3.63) is 35.9 Å². The van der Waals surface area contributed by atoms with Crippen molar-refractivity contribution in [3.8, 4) is 11.5 Å². The summed E-state index contributed by atoms with van der Waals surface area (Å²) >= 11 is 5.71. The average molecular weight is 293 g/mol. The van der Waals surface area contributed by atoms with E-state index in [0.29, 0.717) is 19.1 Å². The van der Waals surface area contributed by atoms with Gasteiger partial charge in [-0.2, -0.15) is 0 Å². The molecule has 0 amide bonds. The van der Waals surface area contributed by atoms with E-state index in [9.17, 15) is 0 Å². The first-order chi connectivity index (χ1) is 9.81. The van der Waals surface area contributed by atoms with Crippen LogP contribution in [0.5, 0.6) is 11.5 Å². The van der Waals surface area contributed by atoms with Gasteiger partial charge in [0.2, 0.25) is 0 Å². The second-order valence-electron chi connectivity index (χ2n) is 4.59. The molecule has 0 aromatic heterocycles. The highest BCUT2D eigenvalue weighted by molar-refractivity contribution is 6.17. The van der Waals surface area contributed by atoms with Gasteiger partial charge < -0.3 is 9.47 Å². The lowest BCUT2D eigenvalue weighted by molar-refractivity contribution is 0.319. The second-order valence-corrected chi connectivity index (χ2v) is 4.96. The minimum Gasteiger partial charge on any atom is -0.493 e. The topological polar surface area (TPSA) is 18.5 Å². The minimum absolute atomic E-state index is 0.621. The van der Waals surface area contributed by atoms with Gasteiger partial charge in [0.15, 0.2) is 0 Å². The van der Waals surface area contributed by atoms with Gasteiger partial charge in [-0.15, -0.1) is 11.6 Å². The average Bonchev–Trinajstić information content (AvgIpc) is 2.49. The number of aryl methyl sites for hydroxylation is 1. The molecule has 3 heteroatoms. The Labute approximate surface area is 125 Å². The smallest absolute Gasteiger partial charge is 0.130 e. The molecule has 0 N–H and O–H groups in total. The first kappa shape index (κ1) is 15.0. The molecule has 0 atom stereocenters. The summed E-state index contributed by atoms with van der Waals surface area (Å²) in [5.41, 5.74) is 1.19. The first-order valence-corrected chi connectivity index (χ1v) is 7.71. The van der Waals surface area contributed by atoms with Gasteiger partial charge in [-0.1, -0.05) is 31.2 Å². The highest BCUT2D eigenvalue weighted by Gasteiger charge is 2.12.